The van der Waals surface area contributed by atoms with Crippen LogP contribution in [0.2, 0.25) is 0 Å². The first kappa shape index (κ1) is 23.9. The van der Waals surface area contributed by atoms with Crippen LogP contribution in [-0.4, -0.2) is 43.4 Å². The van der Waals surface area contributed by atoms with Gasteiger partial charge in [-0.3, -0.25) is 4.79 Å². The summed E-state index contributed by atoms with van der Waals surface area (Å²) < 4.78 is 42.4. The number of fused-ring (bicyclic) bond motifs is 2. The lowest BCUT2D eigenvalue weighted by molar-refractivity contribution is -0.137. The van der Waals surface area contributed by atoms with Crippen LogP contribution in [0.3, 0.4) is 0 Å². The summed E-state index contributed by atoms with van der Waals surface area (Å²) in [5.41, 5.74) is 3.64. The van der Waals surface area contributed by atoms with Gasteiger partial charge < -0.3 is 14.5 Å². The number of carbonyl (C=O) groups excluding carboxylic acids is 1. The normalized spacial score (nSPS) is 17.9. The number of benzene rings is 2. The van der Waals surface area contributed by atoms with Crippen molar-refractivity contribution in [3.8, 4) is 22.6 Å². The molecule has 198 valence electrons. The van der Waals surface area contributed by atoms with Gasteiger partial charge in [-0.1, -0.05) is 24.3 Å². The zero-order chi connectivity index (χ0) is 26.7. The van der Waals surface area contributed by atoms with Crippen LogP contribution in [0.15, 0.2) is 66.9 Å². The Morgan fingerprint density at radius 1 is 0.949 bits per heavy atom. The Kier molecular flexibility index (Phi) is 5.50. The topological polar surface area (TPSA) is 66.8 Å². The smallest absolute Gasteiger partial charge is 0.346 e. The second-order valence-electron chi connectivity index (χ2n) is 10.6. The zero-order valence-corrected chi connectivity index (χ0v) is 21.1. The highest BCUT2D eigenvalue weighted by Gasteiger charge is 2.37. The van der Waals surface area contributed by atoms with Crippen LogP contribution in [0.4, 0.5) is 13.2 Å². The fourth-order valence-electron chi connectivity index (χ4n) is 5.62. The Morgan fingerprint density at radius 2 is 1.74 bits per heavy atom. The molecule has 4 heterocycles. The SMILES string of the molecule is O=C(C1CC1)N1CC[C@H](Cn2c(-c3ccc(-c4ccc5cc[nH]c5n4)cc3)nc3cc(C(F)(F)F)ccc32)C1. The number of likely N-dealkylation sites (tertiary alicyclic amines) is 1. The number of halogens is 3. The molecule has 7 rings (SSSR count). The molecule has 0 unspecified atom stereocenters. The summed E-state index contributed by atoms with van der Waals surface area (Å²) in [6.45, 7) is 1.98. The van der Waals surface area contributed by atoms with E-state index in [0.717, 1.165) is 65.8 Å². The third-order valence-electron chi connectivity index (χ3n) is 7.89. The van der Waals surface area contributed by atoms with Crippen LogP contribution in [0.5, 0.6) is 0 Å². The Hall–Kier alpha value is -4.14. The lowest BCUT2D eigenvalue weighted by Gasteiger charge is -2.18. The van der Waals surface area contributed by atoms with Gasteiger partial charge in [-0.2, -0.15) is 13.2 Å². The van der Waals surface area contributed by atoms with Crippen molar-refractivity contribution in [2.45, 2.75) is 32.0 Å². The zero-order valence-electron chi connectivity index (χ0n) is 21.1. The number of H-pyrrole nitrogens is 1. The lowest BCUT2D eigenvalue weighted by Crippen LogP contribution is -2.30. The number of hydrogen-bond acceptors (Lipinski definition) is 3. The summed E-state index contributed by atoms with van der Waals surface area (Å²) in [4.78, 5) is 27.0. The standard InChI is InChI=1S/C30H26F3N5O/c31-30(32,33)23-8-10-26-25(15-23)36-28(38(26)17-18-12-14-37(16-18)29(39)22-5-6-22)21-3-1-19(2-4-21)24-9-7-20-11-13-34-27(20)35-24/h1-4,7-11,13,15,18,22H,5-6,12,14,16-17H2,(H,34,35)/t18-/m0/s1. The van der Waals surface area contributed by atoms with Crippen LogP contribution in [0.25, 0.3) is 44.7 Å². The van der Waals surface area contributed by atoms with Crippen LogP contribution >= 0.6 is 0 Å². The maximum atomic E-state index is 13.5. The summed E-state index contributed by atoms with van der Waals surface area (Å²) in [6, 6.07) is 17.5. The van der Waals surface area contributed by atoms with E-state index < -0.39 is 11.7 Å². The predicted octanol–water partition coefficient (Wildman–Crippen LogP) is 6.52. The van der Waals surface area contributed by atoms with Crippen molar-refractivity contribution in [3.63, 3.8) is 0 Å². The van der Waals surface area contributed by atoms with Gasteiger partial charge >= 0.3 is 6.18 Å². The van der Waals surface area contributed by atoms with E-state index in [0.29, 0.717) is 29.9 Å². The van der Waals surface area contributed by atoms with Crippen molar-refractivity contribution >= 4 is 28.0 Å². The number of carbonyl (C=O) groups is 1. The van der Waals surface area contributed by atoms with Gasteiger partial charge in [-0.15, -0.1) is 0 Å². The molecule has 1 aliphatic heterocycles. The number of aromatic nitrogens is 4. The minimum absolute atomic E-state index is 0.180. The summed E-state index contributed by atoms with van der Waals surface area (Å²) in [6.07, 6.45) is 0.223. The highest BCUT2D eigenvalue weighted by Crippen LogP contribution is 2.36. The Balaban J connectivity index is 1.24. The average Bonchev–Trinajstić information content (AvgIpc) is 3.33. The van der Waals surface area contributed by atoms with Crippen LogP contribution in [0, 0.1) is 11.8 Å². The highest BCUT2D eigenvalue weighted by molar-refractivity contribution is 5.83. The van der Waals surface area contributed by atoms with Gasteiger partial charge in [0, 0.05) is 48.3 Å². The Bertz CT molecular complexity index is 1700. The number of hydrogen-bond donors (Lipinski definition) is 1. The van der Waals surface area contributed by atoms with E-state index in [2.05, 4.69) is 15.0 Å². The van der Waals surface area contributed by atoms with Crippen molar-refractivity contribution in [3.05, 3.63) is 72.4 Å². The summed E-state index contributed by atoms with van der Waals surface area (Å²) >= 11 is 0. The van der Waals surface area contributed by atoms with E-state index >= 15 is 0 Å². The molecular formula is C30H26F3N5O. The number of rotatable bonds is 5. The summed E-state index contributed by atoms with van der Waals surface area (Å²) in [5.74, 6) is 1.25. The van der Waals surface area contributed by atoms with Crippen molar-refractivity contribution in [1.82, 2.24) is 24.4 Å². The number of pyridine rings is 1. The van der Waals surface area contributed by atoms with Crippen LogP contribution < -0.4 is 0 Å². The van der Waals surface area contributed by atoms with Gasteiger partial charge in [0.15, 0.2) is 0 Å². The van der Waals surface area contributed by atoms with Crippen molar-refractivity contribution < 1.29 is 18.0 Å². The largest absolute Gasteiger partial charge is 0.416 e. The van der Waals surface area contributed by atoms with Gasteiger partial charge in [0.2, 0.25) is 5.91 Å². The fraction of sp³-hybridized carbons (Fsp3) is 0.300. The molecule has 1 saturated carbocycles. The first-order valence-electron chi connectivity index (χ1n) is 13.2. The molecular weight excluding hydrogens is 503 g/mol. The summed E-state index contributed by atoms with van der Waals surface area (Å²) in [5, 5.41) is 1.03. The molecule has 3 aromatic heterocycles. The van der Waals surface area contributed by atoms with Crippen LogP contribution in [-0.2, 0) is 17.5 Å². The molecule has 1 N–H and O–H groups in total. The van der Waals surface area contributed by atoms with Gasteiger partial charge in [0.1, 0.15) is 11.5 Å². The molecule has 6 nitrogen and oxygen atoms in total. The molecule has 39 heavy (non-hydrogen) atoms. The van der Waals surface area contributed by atoms with E-state index in [4.69, 9.17) is 0 Å². The first-order valence-corrected chi connectivity index (χ1v) is 13.2. The van der Waals surface area contributed by atoms with E-state index in [1.807, 2.05) is 58.1 Å². The van der Waals surface area contributed by atoms with Gasteiger partial charge in [0.05, 0.1) is 22.3 Å². The van der Waals surface area contributed by atoms with Gasteiger partial charge in [-0.05, 0) is 61.6 Å². The molecule has 2 aromatic carbocycles. The molecule has 1 aliphatic carbocycles. The number of nitrogens with zero attached hydrogens (tertiary/aromatic N) is 4. The number of aromatic amines is 1. The first-order chi connectivity index (χ1) is 18.8. The molecule has 1 saturated heterocycles. The Labute approximate surface area is 222 Å². The number of alkyl halides is 3. The number of amides is 1. The third kappa shape index (κ3) is 4.45. The minimum Gasteiger partial charge on any atom is -0.346 e. The van der Waals surface area contributed by atoms with Crippen molar-refractivity contribution in [2.24, 2.45) is 11.8 Å². The maximum absolute atomic E-state index is 13.5. The summed E-state index contributed by atoms with van der Waals surface area (Å²) in [7, 11) is 0. The van der Waals surface area contributed by atoms with Gasteiger partial charge in [0.25, 0.3) is 0 Å². The molecule has 2 fully saturated rings. The van der Waals surface area contributed by atoms with E-state index in [1.165, 1.54) is 6.07 Å². The van der Waals surface area contributed by atoms with E-state index in [-0.39, 0.29) is 17.7 Å². The van der Waals surface area contributed by atoms with Crippen LogP contribution in [0.1, 0.15) is 24.8 Å². The molecule has 1 atom stereocenters. The van der Waals surface area contributed by atoms with E-state index in [9.17, 15) is 18.0 Å². The second kappa shape index (κ2) is 8.97. The molecule has 0 radical (unpaired) electrons. The van der Waals surface area contributed by atoms with Crippen molar-refractivity contribution in [1.29, 1.82) is 0 Å². The maximum Gasteiger partial charge on any atom is 0.416 e. The number of nitrogens with one attached hydrogen (secondary N) is 1. The Morgan fingerprint density at radius 3 is 2.51 bits per heavy atom. The monoisotopic (exact) mass is 529 g/mol. The predicted molar refractivity (Wildman–Crippen MR) is 143 cm³/mol. The number of imidazole rings is 1. The second-order valence-corrected chi connectivity index (χ2v) is 10.6. The lowest BCUT2D eigenvalue weighted by atomic mass is 10.1. The molecule has 5 aromatic rings. The fourth-order valence-corrected chi connectivity index (χ4v) is 5.62. The van der Waals surface area contributed by atoms with Crippen molar-refractivity contribution in [2.75, 3.05) is 13.1 Å². The van der Waals surface area contributed by atoms with Gasteiger partial charge in [-0.25, -0.2) is 9.97 Å². The molecule has 0 spiro atoms. The molecule has 2 aliphatic rings. The highest BCUT2D eigenvalue weighted by atomic mass is 19.4. The van der Waals surface area contributed by atoms with E-state index in [1.54, 1.807) is 0 Å². The quantitative estimate of drug-likeness (QED) is 0.282. The molecule has 0 bridgehead atoms. The average molecular weight is 530 g/mol. The molecule has 1 amide bonds. The molecule has 9 heteroatoms. The third-order valence-corrected chi connectivity index (χ3v) is 7.89. The minimum atomic E-state index is -4.44.